The lowest BCUT2D eigenvalue weighted by molar-refractivity contribution is 0.0730. The average Bonchev–Trinajstić information content (AvgIpc) is 3.08. The van der Waals surface area contributed by atoms with E-state index < -0.39 is 15.9 Å². The number of hydrogen-bond acceptors (Lipinski definition) is 5. The number of rotatable bonds is 4. The summed E-state index contributed by atoms with van der Waals surface area (Å²) in [6, 6.07) is 8.83. The molecule has 1 N–H and O–H groups in total. The Bertz CT molecular complexity index is 822. The molecule has 128 valence electrons. The van der Waals surface area contributed by atoms with Crippen LogP contribution in [0, 0.1) is 6.92 Å². The van der Waals surface area contributed by atoms with E-state index in [2.05, 4.69) is 5.32 Å². The maximum atomic E-state index is 12.8. The van der Waals surface area contributed by atoms with Gasteiger partial charge in [0.15, 0.2) is 0 Å². The normalized spacial score (nSPS) is 16.0. The summed E-state index contributed by atoms with van der Waals surface area (Å²) in [4.78, 5) is 12.8. The van der Waals surface area contributed by atoms with Gasteiger partial charge in [0.05, 0.1) is 13.2 Å². The summed E-state index contributed by atoms with van der Waals surface area (Å²) >= 11 is 1.12. The zero-order valence-electron chi connectivity index (χ0n) is 13.2. The smallest absolute Gasteiger partial charge is 0.267 e. The first-order chi connectivity index (χ1) is 11.5. The molecule has 2 heterocycles. The van der Waals surface area contributed by atoms with Crippen molar-refractivity contribution in [2.75, 3.05) is 31.6 Å². The largest absolute Gasteiger partial charge is 0.379 e. The van der Waals surface area contributed by atoms with E-state index in [0.29, 0.717) is 32.0 Å². The number of carbonyl (C=O) groups excluding carboxylic acids is 1. The van der Waals surface area contributed by atoms with Gasteiger partial charge in [-0.3, -0.25) is 4.79 Å². The second-order valence-electron chi connectivity index (χ2n) is 5.45. The van der Waals surface area contributed by atoms with Crippen LogP contribution in [-0.4, -0.2) is 44.9 Å². The molecule has 0 radical (unpaired) electrons. The minimum absolute atomic E-state index is 0.0546. The number of aryl methyl sites for hydroxylation is 1. The van der Waals surface area contributed by atoms with Crippen LogP contribution in [0.4, 0.5) is 5.69 Å². The molecule has 0 bridgehead atoms. The topological polar surface area (TPSA) is 75.7 Å². The zero-order chi connectivity index (χ0) is 17.2. The molecular formula is C16H18N2O4S2. The maximum absolute atomic E-state index is 12.8. The number of benzene rings is 1. The summed E-state index contributed by atoms with van der Waals surface area (Å²) in [5.74, 6) is -0.416. The van der Waals surface area contributed by atoms with Gasteiger partial charge in [-0.2, -0.15) is 4.31 Å². The molecular weight excluding hydrogens is 348 g/mol. The fourth-order valence-corrected chi connectivity index (χ4v) is 5.12. The van der Waals surface area contributed by atoms with Gasteiger partial charge in [0, 0.05) is 18.8 Å². The van der Waals surface area contributed by atoms with Crippen LogP contribution in [0.5, 0.6) is 0 Å². The van der Waals surface area contributed by atoms with E-state index in [1.54, 1.807) is 17.5 Å². The van der Waals surface area contributed by atoms with Crippen molar-refractivity contribution in [1.29, 1.82) is 0 Å². The molecule has 1 fully saturated rings. The van der Waals surface area contributed by atoms with Gasteiger partial charge in [0.2, 0.25) is 10.0 Å². The summed E-state index contributed by atoms with van der Waals surface area (Å²) in [6.45, 7) is 3.30. The van der Waals surface area contributed by atoms with E-state index >= 15 is 0 Å². The Labute approximate surface area is 145 Å². The minimum atomic E-state index is -3.69. The van der Waals surface area contributed by atoms with Gasteiger partial charge in [0.25, 0.3) is 5.91 Å². The molecule has 0 spiro atoms. The molecule has 1 aliphatic rings. The van der Waals surface area contributed by atoms with E-state index in [9.17, 15) is 13.2 Å². The Morgan fingerprint density at radius 1 is 1.17 bits per heavy atom. The first kappa shape index (κ1) is 17.1. The molecule has 0 saturated carbocycles. The Hall–Kier alpha value is -1.74. The Morgan fingerprint density at radius 3 is 2.50 bits per heavy atom. The van der Waals surface area contributed by atoms with Crippen LogP contribution in [0.15, 0.2) is 40.6 Å². The van der Waals surface area contributed by atoms with Crippen LogP contribution in [0.3, 0.4) is 0 Å². The van der Waals surface area contributed by atoms with Crippen molar-refractivity contribution in [1.82, 2.24) is 4.31 Å². The Morgan fingerprint density at radius 2 is 1.83 bits per heavy atom. The van der Waals surface area contributed by atoms with Crippen molar-refractivity contribution >= 4 is 33.0 Å². The number of sulfonamides is 1. The molecule has 3 rings (SSSR count). The molecule has 1 aliphatic heterocycles. The summed E-state index contributed by atoms with van der Waals surface area (Å²) < 4.78 is 32.1. The number of nitrogens with zero attached hydrogens (tertiary/aromatic N) is 1. The average molecular weight is 366 g/mol. The van der Waals surface area contributed by atoms with Crippen molar-refractivity contribution in [3.63, 3.8) is 0 Å². The van der Waals surface area contributed by atoms with Crippen molar-refractivity contribution < 1.29 is 17.9 Å². The fourth-order valence-electron chi connectivity index (χ4n) is 2.42. The highest BCUT2D eigenvalue weighted by molar-refractivity contribution is 7.89. The monoisotopic (exact) mass is 366 g/mol. The highest BCUT2D eigenvalue weighted by Crippen LogP contribution is 2.26. The van der Waals surface area contributed by atoms with Gasteiger partial charge in [0.1, 0.15) is 9.77 Å². The molecule has 0 unspecified atom stereocenters. The number of amides is 1. The molecule has 6 nitrogen and oxygen atoms in total. The number of ether oxygens (including phenoxy) is 1. The van der Waals surface area contributed by atoms with Crippen LogP contribution < -0.4 is 5.32 Å². The van der Waals surface area contributed by atoms with E-state index in [4.69, 9.17) is 4.74 Å². The third-order valence-corrected chi connectivity index (χ3v) is 6.72. The number of anilines is 1. The minimum Gasteiger partial charge on any atom is -0.379 e. The molecule has 2 aromatic rings. The third kappa shape index (κ3) is 3.51. The van der Waals surface area contributed by atoms with Crippen molar-refractivity contribution in [2.24, 2.45) is 0 Å². The molecule has 0 aliphatic carbocycles. The molecule has 8 heteroatoms. The number of carbonyl (C=O) groups is 1. The van der Waals surface area contributed by atoms with Crippen LogP contribution in [-0.2, 0) is 14.8 Å². The molecule has 0 atom stereocenters. The second-order valence-corrected chi connectivity index (χ2v) is 8.27. The van der Waals surface area contributed by atoms with E-state index in [1.807, 2.05) is 19.1 Å². The fraction of sp³-hybridized carbons (Fsp3) is 0.312. The number of hydrogen-bond donors (Lipinski definition) is 1. The van der Waals surface area contributed by atoms with Crippen LogP contribution in [0.25, 0.3) is 0 Å². The predicted octanol–water partition coefficient (Wildman–Crippen LogP) is 2.33. The number of thiophene rings is 1. The third-order valence-electron chi connectivity index (χ3n) is 3.73. The van der Waals surface area contributed by atoms with Gasteiger partial charge >= 0.3 is 0 Å². The zero-order valence-corrected chi connectivity index (χ0v) is 14.8. The van der Waals surface area contributed by atoms with Gasteiger partial charge in [-0.15, -0.1) is 11.3 Å². The summed E-state index contributed by atoms with van der Waals surface area (Å²) in [5.41, 5.74) is 1.72. The first-order valence-electron chi connectivity index (χ1n) is 7.52. The summed E-state index contributed by atoms with van der Waals surface area (Å²) in [6.07, 6.45) is 0. The Kier molecular flexibility index (Phi) is 5.00. The molecule has 1 aromatic heterocycles. The van der Waals surface area contributed by atoms with Gasteiger partial charge in [-0.25, -0.2) is 8.42 Å². The van der Waals surface area contributed by atoms with Crippen LogP contribution in [0.2, 0.25) is 0 Å². The standard InChI is InChI=1S/C16H18N2O4S2/c1-12-2-4-13(5-3-12)17-16(19)15-14(6-11-23-15)24(20,21)18-7-9-22-10-8-18/h2-6,11H,7-10H2,1H3,(H,17,19). The quantitative estimate of drug-likeness (QED) is 0.901. The van der Waals surface area contributed by atoms with E-state index in [0.717, 1.165) is 16.9 Å². The first-order valence-corrected chi connectivity index (χ1v) is 9.84. The summed E-state index contributed by atoms with van der Waals surface area (Å²) in [5, 5.41) is 4.37. The SMILES string of the molecule is Cc1ccc(NC(=O)c2sccc2S(=O)(=O)N2CCOCC2)cc1. The Balaban J connectivity index is 1.84. The van der Waals surface area contributed by atoms with Crippen molar-refractivity contribution in [3.8, 4) is 0 Å². The van der Waals surface area contributed by atoms with Gasteiger partial charge in [-0.1, -0.05) is 17.7 Å². The van der Waals surface area contributed by atoms with Crippen LogP contribution >= 0.6 is 11.3 Å². The second kappa shape index (κ2) is 7.02. The lowest BCUT2D eigenvalue weighted by Crippen LogP contribution is -2.41. The maximum Gasteiger partial charge on any atom is 0.267 e. The van der Waals surface area contributed by atoms with E-state index in [1.165, 1.54) is 10.4 Å². The molecule has 1 amide bonds. The molecule has 1 aromatic carbocycles. The predicted molar refractivity (Wildman–Crippen MR) is 93.0 cm³/mol. The summed E-state index contributed by atoms with van der Waals surface area (Å²) in [7, 11) is -3.69. The molecule has 1 saturated heterocycles. The number of morpholine rings is 1. The lowest BCUT2D eigenvalue weighted by atomic mass is 10.2. The van der Waals surface area contributed by atoms with Crippen molar-refractivity contribution in [2.45, 2.75) is 11.8 Å². The van der Waals surface area contributed by atoms with Crippen LogP contribution in [0.1, 0.15) is 15.2 Å². The number of nitrogens with one attached hydrogen (secondary N) is 1. The van der Waals surface area contributed by atoms with Gasteiger partial charge < -0.3 is 10.1 Å². The lowest BCUT2D eigenvalue weighted by Gasteiger charge is -2.26. The molecule has 24 heavy (non-hydrogen) atoms. The van der Waals surface area contributed by atoms with E-state index in [-0.39, 0.29) is 9.77 Å². The van der Waals surface area contributed by atoms with Crippen molar-refractivity contribution in [3.05, 3.63) is 46.2 Å². The van der Waals surface area contributed by atoms with Gasteiger partial charge in [-0.05, 0) is 30.5 Å². The highest BCUT2D eigenvalue weighted by atomic mass is 32.2. The highest BCUT2D eigenvalue weighted by Gasteiger charge is 2.31.